The smallest absolute Gasteiger partial charge is 0.268 e. The van der Waals surface area contributed by atoms with Gasteiger partial charge in [0.1, 0.15) is 0 Å². The summed E-state index contributed by atoms with van der Waals surface area (Å²) in [6.07, 6.45) is 0.841. The predicted molar refractivity (Wildman–Crippen MR) is 76.3 cm³/mol. The zero-order valence-corrected chi connectivity index (χ0v) is 11.3. The van der Waals surface area contributed by atoms with Crippen LogP contribution in [0.5, 0.6) is 0 Å². The topological polar surface area (TPSA) is 67.5 Å². The number of aliphatic imine (C=N–C) groups is 1. The number of hydrogen-bond acceptors (Lipinski definition) is 4. The van der Waals surface area contributed by atoms with Crippen molar-refractivity contribution in [3.63, 3.8) is 0 Å². The van der Waals surface area contributed by atoms with Crippen LogP contribution in [0.25, 0.3) is 0 Å². The van der Waals surface area contributed by atoms with Gasteiger partial charge >= 0.3 is 0 Å². The molecule has 0 aromatic carbocycles. The highest BCUT2D eigenvalue weighted by molar-refractivity contribution is 7.12. The number of carbonyl (C=O) groups is 1. The van der Waals surface area contributed by atoms with E-state index < -0.39 is 0 Å². The van der Waals surface area contributed by atoms with Crippen molar-refractivity contribution >= 4 is 34.5 Å². The van der Waals surface area contributed by atoms with Gasteiger partial charge in [-0.05, 0) is 22.9 Å². The molecule has 2 heterocycles. The van der Waals surface area contributed by atoms with Crippen molar-refractivity contribution in [1.29, 1.82) is 0 Å². The lowest BCUT2D eigenvalue weighted by molar-refractivity contribution is 0.0980. The summed E-state index contributed by atoms with van der Waals surface area (Å²) in [5, 5.41) is 6.44. The number of nitrogens with zero attached hydrogens (tertiary/aromatic N) is 1. The second kappa shape index (κ2) is 6.32. The first-order valence-electron chi connectivity index (χ1n) is 5.43. The maximum Gasteiger partial charge on any atom is 0.268 e. The molecular formula is C12H13N3OS2. The van der Waals surface area contributed by atoms with E-state index in [0.29, 0.717) is 11.4 Å². The van der Waals surface area contributed by atoms with Gasteiger partial charge in [-0.3, -0.25) is 15.1 Å². The van der Waals surface area contributed by atoms with E-state index in [0.717, 1.165) is 6.42 Å². The number of guanidine groups is 1. The molecule has 2 rings (SSSR count). The van der Waals surface area contributed by atoms with Gasteiger partial charge in [-0.2, -0.15) is 0 Å². The molecule has 0 aliphatic heterocycles. The van der Waals surface area contributed by atoms with Crippen LogP contribution in [-0.2, 0) is 6.42 Å². The second-order valence-corrected chi connectivity index (χ2v) is 5.51. The number of hydrogen-bond donors (Lipinski definition) is 2. The van der Waals surface area contributed by atoms with Gasteiger partial charge in [-0.15, -0.1) is 22.7 Å². The third kappa shape index (κ3) is 3.68. The fourth-order valence-corrected chi connectivity index (χ4v) is 2.68. The third-order valence-electron chi connectivity index (χ3n) is 2.21. The van der Waals surface area contributed by atoms with E-state index in [1.54, 1.807) is 17.4 Å². The minimum atomic E-state index is -0.206. The van der Waals surface area contributed by atoms with Crippen molar-refractivity contribution in [3.8, 4) is 0 Å². The van der Waals surface area contributed by atoms with E-state index in [-0.39, 0.29) is 11.9 Å². The predicted octanol–water partition coefficient (Wildman–Crippen LogP) is 2.10. The number of thiophene rings is 2. The van der Waals surface area contributed by atoms with Crippen LogP contribution in [0.4, 0.5) is 0 Å². The number of carbonyl (C=O) groups excluding carboxylic acids is 1. The van der Waals surface area contributed by atoms with Crippen LogP contribution < -0.4 is 11.1 Å². The van der Waals surface area contributed by atoms with E-state index >= 15 is 0 Å². The van der Waals surface area contributed by atoms with Gasteiger partial charge in [-0.25, -0.2) is 0 Å². The molecule has 6 heteroatoms. The number of nitrogens with two attached hydrogens (primary N) is 1. The van der Waals surface area contributed by atoms with E-state index in [2.05, 4.69) is 16.4 Å². The van der Waals surface area contributed by atoms with Crippen LogP contribution >= 0.6 is 22.7 Å². The lowest BCUT2D eigenvalue weighted by atomic mass is 10.3. The van der Waals surface area contributed by atoms with Gasteiger partial charge in [0.15, 0.2) is 5.96 Å². The molecule has 0 radical (unpaired) electrons. The minimum Gasteiger partial charge on any atom is -0.370 e. The van der Waals surface area contributed by atoms with Crippen molar-refractivity contribution in [2.45, 2.75) is 6.42 Å². The SMILES string of the molecule is NC(=NCCc1cccs1)NC(=O)c1cccs1. The van der Waals surface area contributed by atoms with Gasteiger partial charge in [0.05, 0.1) is 4.88 Å². The summed E-state index contributed by atoms with van der Waals surface area (Å²) in [7, 11) is 0. The molecule has 0 fully saturated rings. The molecule has 0 bridgehead atoms. The van der Waals surface area contributed by atoms with Crippen LogP contribution in [-0.4, -0.2) is 18.4 Å². The number of rotatable bonds is 4. The van der Waals surface area contributed by atoms with Crippen LogP contribution in [0, 0.1) is 0 Å². The summed E-state index contributed by atoms with van der Waals surface area (Å²) in [6.45, 7) is 0.580. The van der Waals surface area contributed by atoms with Crippen molar-refractivity contribution in [3.05, 3.63) is 44.8 Å². The molecule has 18 heavy (non-hydrogen) atoms. The van der Waals surface area contributed by atoms with E-state index in [1.807, 2.05) is 22.9 Å². The molecule has 2 aromatic rings. The zero-order valence-electron chi connectivity index (χ0n) is 9.63. The first kappa shape index (κ1) is 12.8. The lowest BCUT2D eigenvalue weighted by Gasteiger charge is -2.02. The second-order valence-electron chi connectivity index (χ2n) is 3.53. The molecule has 0 saturated carbocycles. The first-order chi connectivity index (χ1) is 8.75. The van der Waals surface area contributed by atoms with Gasteiger partial charge < -0.3 is 5.73 Å². The molecule has 0 saturated heterocycles. The van der Waals surface area contributed by atoms with E-state index in [4.69, 9.17) is 5.73 Å². The Morgan fingerprint density at radius 3 is 2.72 bits per heavy atom. The Kier molecular flexibility index (Phi) is 4.49. The molecule has 0 spiro atoms. The number of amides is 1. The molecule has 0 aliphatic rings. The first-order valence-corrected chi connectivity index (χ1v) is 7.19. The van der Waals surface area contributed by atoms with Gasteiger partial charge in [0.2, 0.25) is 0 Å². The van der Waals surface area contributed by atoms with Crippen LogP contribution in [0.2, 0.25) is 0 Å². The normalized spacial score (nSPS) is 11.4. The average molecular weight is 279 g/mol. The zero-order chi connectivity index (χ0) is 12.8. The highest BCUT2D eigenvalue weighted by Gasteiger charge is 2.06. The Bertz CT molecular complexity index is 518. The molecule has 0 unspecified atom stereocenters. The summed E-state index contributed by atoms with van der Waals surface area (Å²) in [4.78, 5) is 17.7. The summed E-state index contributed by atoms with van der Waals surface area (Å²) in [5.74, 6) is -0.0349. The molecule has 4 nitrogen and oxygen atoms in total. The fraction of sp³-hybridized carbons (Fsp3) is 0.167. The minimum absolute atomic E-state index is 0.171. The van der Waals surface area contributed by atoms with Crippen molar-refractivity contribution in [2.75, 3.05) is 6.54 Å². The molecule has 0 atom stereocenters. The monoisotopic (exact) mass is 279 g/mol. The van der Waals surface area contributed by atoms with E-state index in [9.17, 15) is 4.79 Å². The molecular weight excluding hydrogens is 266 g/mol. The van der Waals surface area contributed by atoms with Crippen molar-refractivity contribution in [1.82, 2.24) is 5.32 Å². The molecule has 0 aliphatic carbocycles. The Labute approximate surface area is 113 Å². The van der Waals surface area contributed by atoms with Crippen molar-refractivity contribution < 1.29 is 4.79 Å². The summed E-state index contributed by atoms with van der Waals surface area (Å²) >= 11 is 3.06. The Morgan fingerprint density at radius 1 is 1.28 bits per heavy atom. The standard InChI is InChI=1S/C12H13N3OS2/c13-12(14-6-5-9-3-1-7-17-9)15-11(16)10-4-2-8-18-10/h1-4,7-8H,5-6H2,(H3,13,14,15,16). The average Bonchev–Trinajstić information content (AvgIpc) is 3.02. The highest BCUT2D eigenvalue weighted by atomic mass is 32.1. The summed E-state index contributed by atoms with van der Waals surface area (Å²) in [5.41, 5.74) is 5.65. The maximum absolute atomic E-state index is 11.6. The van der Waals surface area contributed by atoms with Gasteiger partial charge in [-0.1, -0.05) is 12.1 Å². The van der Waals surface area contributed by atoms with E-state index in [1.165, 1.54) is 16.2 Å². The van der Waals surface area contributed by atoms with Crippen molar-refractivity contribution in [2.24, 2.45) is 10.7 Å². The van der Waals surface area contributed by atoms with Gasteiger partial charge in [0.25, 0.3) is 5.91 Å². The van der Waals surface area contributed by atoms with Crippen LogP contribution in [0.3, 0.4) is 0 Å². The Hall–Kier alpha value is -1.66. The maximum atomic E-state index is 11.6. The summed E-state index contributed by atoms with van der Waals surface area (Å²) in [6, 6.07) is 7.63. The highest BCUT2D eigenvalue weighted by Crippen LogP contribution is 2.09. The van der Waals surface area contributed by atoms with Crippen LogP contribution in [0.15, 0.2) is 40.0 Å². The Balaban J connectivity index is 1.80. The number of nitrogens with one attached hydrogen (secondary N) is 1. The molecule has 1 amide bonds. The third-order valence-corrected chi connectivity index (χ3v) is 4.01. The molecule has 3 N–H and O–H groups in total. The largest absolute Gasteiger partial charge is 0.370 e. The molecule has 94 valence electrons. The molecule has 2 aromatic heterocycles. The van der Waals surface area contributed by atoms with Gasteiger partial charge in [0, 0.05) is 17.8 Å². The van der Waals surface area contributed by atoms with Crippen LogP contribution in [0.1, 0.15) is 14.5 Å². The Morgan fingerprint density at radius 2 is 2.06 bits per heavy atom. The quantitative estimate of drug-likeness (QED) is 0.665. The lowest BCUT2D eigenvalue weighted by Crippen LogP contribution is -2.36. The fourth-order valence-electron chi connectivity index (χ4n) is 1.37. The summed E-state index contributed by atoms with van der Waals surface area (Å²) < 4.78 is 0.